The van der Waals surface area contributed by atoms with Gasteiger partial charge in [-0.15, -0.1) is 0 Å². The number of hydrogen-bond donors (Lipinski definition) is 1. The van der Waals surface area contributed by atoms with E-state index in [1.807, 2.05) is 45.0 Å². The molecule has 0 aliphatic carbocycles. The van der Waals surface area contributed by atoms with Gasteiger partial charge < -0.3 is 19.7 Å². The largest absolute Gasteiger partial charge is 0.493 e. The van der Waals surface area contributed by atoms with Crippen molar-refractivity contribution in [3.63, 3.8) is 0 Å². The Morgan fingerprint density at radius 1 is 1.00 bits per heavy atom. The molecule has 0 bridgehead atoms. The van der Waals surface area contributed by atoms with Gasteiger partial charge in [-0.25, -0.2) is 8.42 Å². The Morgan fingerprint density at radius 3 is 2.17 bits per heavy atom. The zero-order chi connectivity index (χ0) is 26.3. The maximum absolute atomic E-state index is 13.6. The fraction of sp³-hybridized carbons (Fsp3) is 0.440. The van der Waals surface area contributed by atoms with E-state index < -0.39 is 28.5 Å². The van der Waals surface area contributed by atoms with E-state index in [0.717, 1.165) is 21.7 Å². The molecule has 2 rings (SSSR count). The summed E-state index contributed by atoms with van der Waals surface area (Å²) in [4.78, 5) is 27.8. The van der Waals surface area contributed by atoms with Crippen LogP contribution < -0.4 is 19.1 Å². The van der Waals surface area contributed by atoms with Gasteiger partial charge in [0.15, 0.2) is 11.5 Å². The maximum Gasteiger partial charge on any atom is 0.244 e. The summed E-state index contributed by atoms with van der Waals surface area (Å²) in [5, 5.41) is 2.83. The van der Waals surface area contributed by atoms with Crippen LogP contribution in [0.15, 0.2) is 42.5 Å². The molecule has 0 fully saturated rings. The molecule has 0 aromatic heterocycles. The SMILES string of the molecule is COc1ccc(N(CC(=O)N(Cc2ccccc2C)[C@@H](C)C(=O)NC(C)C)S(C)(=O)=O)cc1OC. The molecule has 0 spiro atoms. The summed E-state index contributed by atoms with van der Waals surface area (Å²) in [6.45, 7) is 6.89. The topological polar surface area (TPSA) is 105 Å². The lowest BCUT2D eigenvalue weighted by Crippen LogP contribution is -2.52. The number of carbonyl (C=O) groups is 2. The molecule has 2 aromatic rings. The van der Waals surface area contributed by atoms with Crippen molar-refractivity contribution in [2.75, 3.05) is 31.3 Å². The lowest BCUT2D eigenvalue weighted by molar-refractivity contribution is -0.139. The van der Waals surface area contributed by atoms with Crippen molar-refractivity contribution in [1.29, 1.82) is 0 Å². The maximum atomic E-state index is 13.6. The average molecular weight is 506 g/mol. The van der Waals surface area contributed by atoms with Gasteiger partial charge in [-0.3, -0.25) is 13.9 Å². The highest BCUT2D eigenvalue weighted by atomic mass is 32.2. The first-order chi connectivity index (χ1) is 16.4. The van der Waals surface area contributed by atoms with Crippen molar-refractivity contribution in [3.8, 4) is 11.5 Å². The first kappa shape index (κ1) is 28.0. The molecule has 192 valence electrons. The van der Waals surface area contributed by atoms with E-state index in [2.05, 4.69) is 5.32 Å². The summed E-state index contributed by atoms with van der Waals surface area (Å²) in [5.41, 5.74) is 2.07. The molecule has 0 aliphatic rings. The van der Waals surface area contributed by atoms with Crippen molar-refractivity contribution in [3.05, 3.63) is 53.6 Å². The van der Waals surface area contributed by atoms with Crippen molar-refractivity contribution in [1.82, 2.24) is 10.2 Å². The highest BCUT2D eigenvalue weighted by Gasteiger charge is 2.30. The molecule has 0 unspecified atom stereocenters. The van der Waals surface area contributed by atoms with Crippen molar-refractivity contribution >= 4 is 27.5 Å². The van der Waals surface area contributed by atoms with Gasteiger partial charge in [-0.05, 0) is 51.0 Å². The van der Waals surface area contributed by atoms with Crippen molar-refractivity contribution < 1.29 is 27.5 Å². The van der Waals surface area contributed by atoms with Crippen LogP contribution in [0, 0.1) is 6.92 Å². The molecule has 1 N–H and O–H groups in total. The molecule has 0 heterocycles. The molecule has 35 heavy (non-hydrogen) atoms. The van der Waals surface area contributed by atoms with Gasteiger partial charge in [-0.2, -0.15) is 0 Å². The number of carbonyl (C=O) groups excluding carboxylic acids is 2. The molecule has 10 heteroatoms. The molecule has 0 saturated carbocycles. The molecule has 0 saturated heterocycles. The van der Waals surface area contributed by atoms with Crippen molar-refractivity contribution in [2.24, 2.45) is 0 Å². The third-order valence-corrected chi connectivity index (χ3v) is 6.68. The number of sulfonamides is 1. The summed E-state index contributed by atoms with van der Waals surface area (Å²) in [6.07, 6.45) is 1.03. The van der Waals surface area contributed by atoms with E-state index in [1.54, 1.807) is 13.0 Å². The van der Waals surface area contributed by atoms with E-state index >= 15 is 0 Å². The fourth-order valence-electron chi connectivity index (χ4n) is 3.55. The Bertz CT molecular complexity index is 1150. The van der Waals surface area contributed by atoms with Crippen LogP contribution in [0.4, 0.5) is 5.69 Å². The monoisotopic (exact) mass is 505 g/mol. The first-order valence-corrected chi connectivity index (χ1v) is 13.1. The Kier molecular flexibility index (Phi) is 9.53. The van der Waals surface area contributed by atoms with Crippen LogP contribution in [0.3, 0.4) is 0 Å². The normalized spacial score (nSPS) is 12.1. The van der Waals surface area contributed by atoms with E-state index in [9.17, 15) is 18.0 Å². The number of ether oxygens (including phenoxy) is 2. The molecule has 2 aromatic carbocycles. The Balaban J connectivity index is 2.45. The molecule has 0 aliphatic heterocycles. The highest BCUT2D eigenvalue weighted by Crippen LogP contribution is 2.32. The second-order valence-corrected chi connectivity index (χ2v) is 10.5. The molecular weight excluding hydrogens is 470 g/mol. The molecule has 2 amide bonds. The van der Waals surface area contributed by atoms with Crippen LogP contribution in [0.25, 0.3) is 0 Å². The number of amides is 2. The quantitative estimate of drug-likeness (QED) is 0.504. The standard InChI is InChI=1S/C25H35N3O6S/c1-17(2)26-25(30)19(4)27(15-20-11-9-8-10-18(20)3)24(29)16-28(35(7,31)32)21-12-13-22(33-5)23(14-21)34-6/h8-14,17,19H,15-16H2,1-7H3,(H,26,30)/t19-/m0/s1. The number of benzene rings is 2. The predicted molar refractivity (Wildman–Crippen MR) is 136 cm³/mol. The van der Waals surface area contributed by atoms with E-state index in [-0.39, 0.29) is 24.2 Å². The van der Waals surface area contributed by atoms with Crippen LogP contribution in [-0.2, 0) is 26.2 Å². The Labute approximate surface area is 208 Å². The van der Waals surface area contributed by atoms with Gasteiger partial charge in [0, 0.05) is 18.7 Å². The number of hydrogen-bond acceptors (Lipinski definition) is 6. The summed E-state index contributed by atoms with van der Waals surface area (Å²) in [7, 11) is -0.933. The van der Waals surface area contributed by atoms with Gasteiger partial charge in [-0.1, -0.05) is 24.3 Å². The number of methoxy groups -OCH3 is 2. The minimum absolute atomic E-state index is 0.111. The van der Waals surface area contributed by atoms with E-state index in [4.69, 9.17) is 9.47 Å². The number of rotatable bonds is 11. The van der Waals surface area contributed by atoms with Crippen LogP contribution >= 0.6 is 0 Å². The summed E-state index contributed by atoms with van der Waals surface area (Å²) in [5.74, 6) is -0.0810. The van der Waals surface area contributed by atoms with Crippen LogP contribution in [0.1, 0.15) is 31.9 Å². The van der Waals surface area contributed by atoms with Crippen molar-refractivity contribution in [2.45, 2.75) is 46.3 Å². The summed E-state index contributed by atoms with van der Waals surface area (Å²) < 4.78 is 36.9. The molecule has 9 nitrogen and oxygen atoms in total. The minimum Gasteiger partial charge on any atom is -0.493 e. The van der Waals surface area contributed by atoms with Gasteiger partial charge >= 0.3 is 0 Å². The summed E-state index contributed by atoms with van der Waals surface area (Å²) >= 11 is 0. The van der Waals surface area contributed by atoms with Crippen LogP contribution in [0.5, 0.6) is 11.5 Å². The second kappa shape index (κ2) is 11.9. The number of nitrogens with one attached hydrogen (secondary N) is 1. The third kappa shape index (κ3) is 7.35. The highest BCUT2D eigenvalue weighted by molar-refractivity contribution is 7.92. The Hall–Kier alpha value is -3.27. The van der Waals surface area contributed by atoms with E-state index in [0.29, 0.717) is 11.5 Å². The first-order valence-electron chi connectivity index (χ1n) is 11.2. The van der Waals surface area contributed by atoms with Crippen LogP contribution in [-0.4, -0.2) is 64.2 Å². The van der Waals surface area contributed by atoms with E-state index in [1.165, 1.54) is 31.3 Å². The lowest BCUT2D eigenvalue weighted by Gasteiger charge is -2.32. The van der Waals surface area contributed by atoms with Gasteiger partial charge in [0.05, 0.1) is 26.2 Å². The van der Waals surface area contributed by atoms with Gasteiger partial charge in [0.2, 0.25) is 21.8 Å². The molecular formula is C25H35N3O6S. The Morgan fingerprint density at radius 2 is 1.63 bits per heavy atom. The van der Waals surface area contributed by atoms with Gasteiger partial charge in [0.25, 0.3) is 0 Å². The zero-order valence-electron chi connectivity index (χ0n) is 21.4. The van der Waals surface area contributed by atoms with Crippen LogP contribution in [0.2, 0.25) is 0 Å². The fourth-order valence-corrected chi connectivity index (χ4v) is 4.39. The molecule has 0 radical (unpaired) electrons. The van der Waals surface area contributed by atoms with Gasteiger partial charge in [0.1, 0.15) is 12.6 Å². The number of aryl methyl sites for hydroxylation is 1. The minimum atomic E-state index is -3.85. The summed E-state index contributed by atoms with van der Waals surface area (Å²) in [6, 6.07) is 11.2. The molecule has 1 atom stereocenters. The smallest absolute Gasteiger partial charge is 0.244 e. The lowest BCUT2D eigenvalue weighted by atomic mass is 10.1. The number of anilines is 1. The third-order valence-electron chi connectivity index (χ3n) is 5.53. The number of nitrogens with zero attached hydrogens (tertiary/aromatic N) is 2. The second-order valence-electron chi connectivity index (χ2n) is 8.60. The zero-order valence-corrected chi connectivity index (χ0v) is 22.2. The predicted octanol–water partition coefficient (Wildman–Crippen LogP) is 2.72. The average Bonchev–Trinajstić information content (AvgIpc) is 2.79.